The summed E-state index contributed by atoms with van der Waals surface area (Å²) in [5.41, 5.74) is 0.946. The molecule has 1 aromatic heterocycles. The molecular weight excluding hydrogens is 262 g/mol. The second kappa shape index (κ2) is 6.30. The van der Waals surface area contributed by atoms with E-state index >= 15 is 0 Å². The Morgan fingerprint density at radius 3 is 2.43 bits per heavy atom. The Morgan fingerprint density at radius 2 is 1.81 bits per heavy atom. The fraction of sp³-hybridized carbons (Fsp3) is 0.765. The molecule has 1 aromatic rings. The van der Waals surface area contributed by atoms with Crippen molar-refractivity contribution in [3.05, 3.63) is 17.6 Å². The van der Waals surface area contributed by atoms with Gasteiger partial charge in [0.2, 0.25) is 0 Å². The minimum absolute atomic E-state index is 0.265. The summed E-state index contributed by atoms with van der Waals surface area (Å²) >= 11 is 0. The third kappa shape index (κ3) is 2.91. The maximum Gasteiger partial charge on any atom is 0.162 e. The molecule has 0 aliphatic heterocycles. The number of hydrogen-bond donors (Lipinski definition) is 1. The van der Waals surface area contributed by atoms with Crippen LogP contribution in [0.3, 0.4) is 0 Å². The number of rotatable bonds is 4. The van der Waals surface area contributed by atoms with E-state index in [9.17, 15) is 0 Å². The molecule has 2 aliphatic carbocycles. The lowest BCUT2D eigenvalue weighted by atomic mass is 9.83. The monoisotopic (exact) mass is 289 g/mol. The first-order valence-electron chi connectivity index (χ1n) is 8.40. The molecule has 0 atom stereocenters. The smallest absolute Gasteiger partial charge is 0.162 e. The molecule has 0 spiro atoms. The molecule has 0 bridgehead atoms. The molecular formula is C17H27N3O. The highest BCUT2D eigenvalue weighted by molar-refractivity contribution is 5.37. The molecule has 0 unspecified atom stereocenters. The molecule has 2 saturated carbocycles. The summed E-state index contributed by atoms with van der Waals surface area (Å²) < 4.78 is 5.93. The van der Waals surface area contributed by atoms with E-state index in [0.29, 0.717) is 5.92 Å². The standard InChI is InChI=1S/C17H27N3O/c1-18-15-12-14(13-8-4-5-9-13)19-16(20-15)17(21-2)10-6-3-7-11-17/h12-13H,3-11H2,1-2H3,(H,18,19,20). The Labute approximate surface area is 127 Å². The number of nitrogens with one attached hydrogen (secondary N) is 1. The molecule has 0 saturated heterocycles. The summed E-state index contributed by atoms with van der Waals surface area (Å²) in [7, 11) is 3.75. The van der Waals surface area contributed by atoms with Gasteiger partial charge >= 0.3 is 0 Å². The van der Waals surface area contributed by atoms with Crippen LogP contribution in [0.2, 0.25) is 0 Å². The molecule has 4 nitrogen and oxygen atoms in total. The van der Waals surface area contributed by atoms with Crippen LogP contribution in [0.5, 0.6) is 0 Å². The van der Waals surface area contributed by atoms with Gasteiger partial charge < -0.3 is 10.1 Å². The molecule has 116 valence electrons. The molecule has 4 heteroatoms. The lowest BCUT2D eigenvalue weighted by Gasteiger charge is -2.35. The molecule has 2 aliphatic rings. The fourth-order valence-corrected chi connectivity index (χ4v) is 3.87. The van der Waals surface area contributed by atoms with E-state index in [0.717, 1.165) is 24.5 Å². The first-order chi connectivity index (χ1) is 10.3. The highest BCUT2D eigenvalue weighted by Gasteiger charge is 2.37. The molecule has 1 heterocycles. The minimum Gasteiger partial charge on any atom is -0.373 e. The lowest BCUT2D eigenvalue weighted by molar-refractivity contribution is -0.0515. The van der Waals surface area contributed by atoms with Crippen molar-refractivity contribution in [3.8, 4) is 0 Å². The van der Waals surface area contributed by atoms with Crippen LogP contribution < -0.4 is 5.32 Å². The van der Waals surface area contributed by atoms with E-state index in [1.165, 1.54) is 50.6 Å². The second-order valence-electron chi connectivity index (χ2n) is 6.49. The quantitative estimate of drug-likeness (QED) is 0.910. The van der Waals surface area contributed by atoms with Crippen LogP contribution in [0.1, 0.15) is 75.2 Å². The number of nitrogens with zero attached hydrogens (tertiary/aromatic N) is 2. The van der Waals surface area contributed by atoms with Crippen molar-refractivity contribution >= 4 is 5.82 Å². The van der Waals surface area contributed by atoms with Crippen molar-refractivity contribution in [1.82, 2.24) is 9.97 Å². The molecule has 21 heavy (non-hydrogen) atoms. The molecule has 0 radical (unpaired) electrons. The van der Waals surface area contributed by atoms with Gasteiger partial charge in [-0.05, 0) is 25.7 Å². The van der Waals surface area contributed by atoms with Gasteiger partial charge in [-0.15, -0.1) is 0 Å². The zero-order chi connectivity index (χ0) is 14.7. The first-order valence-corrected chi connectivity index (χ1v) is 8.40. The predicted octanol–water partition coefficient (Wildman–Crippen LogP) is 3.98. The van der Waals surface area contributed by atoms with Crippen molar-refractivity contribution < 1.29 is 4.74 Å². The van der Waals surface area contributed by atoms with E-state index in [1.807, 2.05) is 14.2 Å². The Bertz CT molecular complexity index is 477. The SMILES string of the molecule is CNc1cc(C2CCCC2)nc(C2(OC)CCCCC2)n1. The largest absolute Gasteiger partial charge is 0.373 e. The average Bonchev–Trinajstić information content (AvgIpc) is 3.09. The third-order valence-corrected chi connectivity index (χ3v) is 5.24. The van der Waals surface area contributed by atoms with Crippen LogP contribution in [-0.2, 0) is 10.3 Å². The van der Waals surface area contributed by atoms with E-state index in [2.05, 4.69) is 11.4 Å². The Balaban J connectivity index is 1.97. The summed E-state index contributed by atoms with van der Waals surface area (Å²) in [6, 6.07) is 2.13. The summed E-state index contributed by atoms with van der Waals surface area (Å²) in [4.78, 5) is 9.70. The predicted molar refractivity (Wildman–Crippen MR) is 84.6 cm³/mol. The van der Waals surface area contributed by atoms with Crippen LogP contribution in [0, 0.1) is 0 Å². The van der Waals surface area contributed by atoms with Gasteiger partial charge in [-0.25, -0.2) is 9.97 Å². The highest BCUT2D eigenvalue weighted by Crippen LogP contribution is 2.40. The van der Waals surface area contributed by atoms with Crippen LogP contribution in [0.15, 0.2) is 6.07 Å². The van der Waals surface area contributed by atoms with Crippen LogP contribution in [-0.4, -0.2) is 24.1 Å². The second-order valence-corrected chi connectivity index (χ2v) is 6.49. The van der Waals surface area contributed by atoms with Crippen molar-refractivity contribution in [2.75, 3.05) is 19.5 Å². The molecule has 2 fully saturated rings. The van der Waals surface area contributed by atoms with Gasteiger partial charge in [-0.2, -0.15) is 0 Å². The number of hydrogen-bond acceptors (Lipinski definition) is 4. The zero-order valence-corrected chi connectivity index (χ0v) is 13.3. The Kier molecular flexibility index (Phi) is 4.43. The zero-order valence-electron chi connectivity index (χ0n) is 13.3. The number of ether oxygens (including phenoxy) is 1. The number of methoxy groups -OCH3 is 1. The third-order valence-electron chi connectivity index (χ3n) is 5.24. The number of anilines is 1. The Hall–Kier alpha value is -1.16. The van der Waals surface area contributed by atoms with Gasteiger partial charge in [0.1, 0.15) is 11.4 Å². The van der Waals surface area contributed by atoms with Crippen molar-refractivity contribution in [1.29, 1.82) is 0 Å². The highest BCUT2D eigenvalue weighted by atomic mass is 16.5. The lowest BCUT2D eigenvalue weighted by Crippen LogP contribution is -2.34. The maximum absolute atomic E-state index is 5.93. The summed E-state index contributed by atoms with van der Waals surface area (Å²) in [6.45, 7) is 0. The average molecular weight is 289 g/mol. The molecule has 0 amide bonds. The summed E-state index contributed by atoms with van der Waals surface area (Å²) in [5, 5.41) is 3.20. The Morgan fingerprint density at radius 1 is 1.10 bits per heavy atom. The van der Waals surface area contributed by atoms with E-state index < -0.39 is 0 Å². The van der Waals surface area contributed by atoms with Crippen molar-refractivity contribution in [3.63, 3.8) is 0 Å². The van der Waals surface area contributed by atoms with Crippen LogP contribution in [0.25, 0.3) is 0 Å². The maximum atomic E-state index is 5.93. The first kappa shape index (κ1) is 14.8. The molecule has 1 N–H and O–H groups in total. The van der Waals surface area contributed by atoms with Gasteiger partial charge in [0, 0.05) is 31.8 Å². The summed E-state index contributed by atoms with van der Waals surface area (Å²) in [6.07, 6.45) is 11.0. The van der Waals surface area contributed by atoms with Gasteiger partial charge in [0.25, 0.3) is 0 Å². The van der Waals surface area contributed by atoms with Gasteiger partial charge in [0.05, 0.1) is 0 Å². The van der Waals surface area contributed by atoms with E-state index in [4.69, 9.17) is 14.7 Å². The summed E-state index contributed by atoms with van der Waals surface area (Å²) in [5.74, 6) is 2.44. The normalized spacial score (nSPS) is 22.4. The van der Waals surface area contributed by atoms with E-state index in [-0.39, 0.29) is 5.60 Å². The van der Waals surface area contributed by atoms with Crippen molar-refractivity contribution in [2.45, 2.75) is 69.3 Å². The van der Waals surface area contributed by atoms with Gasteiger partial charge in [-0.3, -0.25) is 0 Å². The topological polar surface area (TPSA) is 47.0 Å². The van der Waals surface area contributed by atoms with Crippen LogP contribution in [0.4, 0.5) is 5.82 Å². The van der Waals surface area contributed by atoms with Crippen LogP contribution >= 0.6 is 0 Å². The minimum atomic E-state index is -0.265. The van der Waals surface area contributed by atoms with E-state index in [1.54, 1.807) is 0 Å². The van der Waals surface area contributed by atoms with Crippen molar-refractivity contribution in [2.24, 2.45) is 0 Å². The van der Waals surface area contributed by atoms with Gasteiger partial charge in [-0.1, -0.05) is 32.1 Å². The van der Waals surface area contributed by atoms with Gasteiger partial charge in [0.15, 0.2) is 5.82 Å². The fourth-order valence-electron chi connectivity index (χ4n) is 3.87. The molecule has 3 rings (SSSR count). The molecule has 0 aromatic carbocycles. The number of aromatic nitrogens is 2.